The molecular formula is C27H30ClFN4O4. The molecule has 37 heavy (non-hydrogen) atoms. The van der Waals surface area contributed by atoms with Crippen molar-refractivity contribution in [2.45, 2.75) is 25.8 Å². The summed E-state index contributed by atoms with van der Waals surface area (Å²) in [5.74, 6) is -1.51. The molecule has 2 aromatic rings. The lowest BCUT2D eigenvalue weighted by Crippen LogP contribution is -2.57. The minimum atomic E-state index is -0.681. The molecule has 196 valence electrons. The van der Waals surface area contributed by atoms with Gasteiger partial charge in [-0.1, -0.05) is 38.1 Å². The van der Waals surface area contributed by atoms with Crippen LogP contribution in [0.2, 0.25) is 5.02 Å². The zero-order valence-corrected chi connectivity index (χ0v) is 21.9. The summed E-state index contributed by atoms with van der Waals surface area (Å²) < 4.78 is 21.2. The second-order valence-corrected chi connectivity index (χ2v) is 11.1. The summed E-state index contributed by atoms with van der Waals surface area (Å²) in [6.45, 7) is 10.3. The number of rotatable bonds is 3. The molecule has 0 aliphatic carbocycles. The fourth-order valence-corrected chi connectivity index (χ4v) is 6.16. The quantitative estimate of drug-likeness (QED) is 0.613. The van der Waals surface area contributed by atoms with Gasteiger partial charge in [0.2, 0.25) is 5.91 Å². The lowest BCUT2D eigenvalue weighted by molar-refractivity contribution is -0.128. The Morgan fingerprint density at radius 3 is 2.70 bits per heavy atom. The number of phenols is 1. The number of piperazine rings is 1. The molecule has 3 aliphatic rings. The molecule has 2 atom stereocenters. The number of hydrogen-bond donors (Lipinski definition) is 1. The highest BCUT2D eigenvalue weighted by molar-refractivity contribution is 6.35. The molecular weight excluding hydrogens is 499 g/mol. The summed E-state index contributed by atoms with van der Waals surface area (Å²) in [7, 11) is 2.00. The van der Waals surface area contributed by atoms with Gasteiger partial charge in [0.15, 0.2) is 5.75 Å². The number of amides is 2. The van der Waals surface area contributed by atoms with Crippen molar-refractivity contribution >= 4 is 23.4 Å². The SMILES string of the molecule is C=CC(=O)N1CCN2C(=O)c3c(C4CN(C)CC4(C)C)nc(-c4c(O)cccc4F)c(Cl)c3OCC2C1. The summed E-state index contributed by atoms with van der Waals surface area (Å²) in [6, 6.07) is 3.59. The maximum atomic E-state index is 15.0. The van der Waals surface area contributed by atoms with Crippen molar-refractivity contribution < 1.29 is 23.8 Å². The molecule has 2 amide bonds. The van der Waals surface area contributed by atoms with Gasteiger partial charge in [-0.25, -0.2) is 9.37 Å². The molecule has 3 aliphatic heterocycles. The van der Waals surface area contributed by atoms with E-state index in [0.29, 0.717) is 31.9 Å². The number of fused-ring (bicyclic) bond motifs is 2. The van der Waals surface area contributed by atoms with Crippen LogP contribution in [0.25, 0.3) is 11.3 Å². The van der Waals surface area contributed by atoms with Crippen molar-refractivity contribution in [1.29, 1.82) is 0 Å². The van der Waals surface area contributed by atoms with Crippen LogP contribution in [0.15, 0.2) is 30.9 Å². The third kappa shape index (κ3) is 4.24. The summed E-state index contributed by atoms with van der Waals surface area (Å²) in [5.41, 5.74) is 0.387. The van der Waals surface area contributed by atoms with Gasteiger partial charge in [0.25, 0.3) is 5.91 Å². The summed E-state index contributed by atoms with van der Waals surface area (Å²) in [6.07, 6.45) is 1.26. The standard InChI is InChI=1S/C27H30ClFN4O4/c1-5-19(35)32-9-10-33-15(11-32)13-37-25-21(26(33)36)23(16-12-31(4)14-27(16,2)3)30-24(22(25)28)20-17(29)7-6-8-18(20)34/h5-8,15-16,34H,1,9-14H2,2-4H3. The van der Waals surface area contributed by atoms with E-state index in [1.165, 1.54) is 24.3 Å². The summed E-state index contributed by atoms with van der Waals surface area (Å²) in [4.78, 5) is 36.7. The number of benzene rings is 1. The summed E-state index contributed by atoms with van der Waals surface area (Å²) in [5, 5.41) is 10.5. The molecule has 0 spiro atoms. The molecule has 2 saturated heterocycles. The Hall–Kier alpha value is -3.17. The highest BCUT2D eigenvalue weighted by atomic mass is 35.5. The van der Waals surface area contributed by atoms with Crippen molar-refractivity contribution in [3.05, 3.63) is 53.0 Å². The number of likely N-dealkylation sites (N-methyl/N-ethyl adjacent to an activating group) is 1. The number of likely N-dealkylation sites (tertiary alicyclic amines) is 1. The van der Waals surface area contributed by atoms with Crippen LogP contribution < -0.4 is 4.74 Å². The molecule has 4 heterocycles. The average Bonchev–Trinajstić information content (AvgIpc) is 3.04. The fraction of sp³-hybridized carbons (Fsp3) is 0.444. The molecule has 8 nitrogen and oxygen atoms in total. The van der Waals surface area contributed by atoms with Crippen molar-refractivity contribution in [2.75, 3.05) is 46.4 Å². The number of aromatic hydroxyl groups is 1. The first kappa shape index (κ1) is 25.5. The number of halogens is 2. The van der Waals surface area contributed by atoms with Gasteiger partial charge in [-0.3, -0.25) is 9.59 Å². The van der Waals surface area contributed by atoms with Crippen LogP contribution in [0.3, 0.4) is 0 Å². The Morgan fingerprint density at radius 2 is 2.05 bits per heavy atom. The second-order valence-electron chi connectivity index (χ2n) is 10.7. The van der Waals surface area contributed by atoms with E-state index in [1.54, 1.807) is 9.80 Å². The first-order valence-electron chi connectivity index (χ1n) is 12.3. The largest absolute Gasteiger partial charge is 0.507 e. The molecule has 0 bridgehead atoms. The normalized spacial score (nSPS) is 23.2. The molecule has 1 aromatic carbocycles. The third-order valence-corrected chi connectivity index (χ3v) is 8.01. The molecule has 0 radical (unpaired) electrons. The number of phenolic OH excluding ortho intramolecular Hbond substituents is 1. The van der Waals surface area contributed by atoms with E-state index in [4.69, 9.17) is 21.3 Å². The lowest BCUT2D eigenvalue weighted by Gasteiger charge is -2.39. The number of hydrogen-bond acceptors (Lipinski definition) is 6. The zero-order chi connectivity index (χ0) is 26.6. The predicted octanol–water partition coefficient (Wildman–Crippen LogP) is 3.53. The molecule has 0 saturated carbocycles. The highest BCUT2D eigenvalue weighted by Crippen LogP contribution is 2.49. The van der Waals surface area contributed by atoms with Crippen LogP contribution in [0, 0.1) is 11.2 Å². The Labute approximate surface area is 220 Å². The Balaban J connectivity index is 1.70. The van der Waals surface area contributed by atoms with E-state index in [2.05, 4.69) is 25.3 Å². The van der Waals surface area contributed by atoms with E-state index in [0.717, 1.165) is 6.54 Å². The van der Waals surface area contributed by atoms with E-state index >= 15 is 0 Å². The van der Waals surface area contributed by atoms with Gasteiger partial charge in [-0.2, -0.15) is 0 Å². The van der Waals surface area contributed by atoms with Gasteiger partial charge in [-0.15, -0.1) is 0 Å². The zero-order valence-electron chi connectivity index (χ0n) is 21.1. The van der Waals surface area contributed by atoms with Crippen molar-refractivity contribution in [1.82, 2.24) is 19.7 Å². The molecule has 2 unspecified atom stereocenters. The van der Waals surface area contributed by atoms with E-state index in [9.17, 15) is 19.1 Å². The number of aromatic nitrogens is 1. The van der Waals surface area contributed by atoms with Crippen LogP contribution in [-0.2, 0) is 4.79 Å². The number of carbonyl (C=O) groups is 2. The molecule has 1 aromatic heterocycles. The average molecular weight is 529 g/mol. The topological polar surface area (TPSA) is 86.2 Å². The first-order valence-corrected chi connectivity index (χ1v) is 12.7. The predicted molar refractivity (Wildman–Crippen MR) is 137 cm³/mol. The second kappa shape index (κ2) is 9.29. The minimum absolute atomic E-state index is 0.0319. The maximum Gasteiger partial charge on any atom is 0.260 e. The first-order chi connectivity index (χ1) is 17.5. The Bertz CT molecular complexity index is 1280. The van der Waals surface area contributed by atoms with Crippen molar-refractivity contribution in [3.8, 4) is 22.8 Å². The molecule has 1 N–H and O–H groups in total. The van der Waals surface area contributed by atoms with Gasteiger partial charge in [0, 0.05) is 38.6 Å². The fourth-order valence-electron chi connectivity index (χ4n) is 5.87. The monoisotopic (exact) mass is 528 g/mol. The van der Waals surface area contributed by atoms with Gasteiger partial charge >= 0.3 is 0 Å². The maximum absolute atomic E-state index is 15.0. The molecule has 5 rings (SSSR count). The highest BCUT2D eigenvalue weighted by Gasteiger charge is 2.46. The molecule has 2 fully saturated rings. The van der Waals surface area contributed by atoms with Gasteiger partial charge in [0.1, 0.15) is 28.8 Å². The van der Waals surface area contributed by atoms with Crippen LogP contribution in [0.4, 0.5) is 4.39 Å². The number of nitrogens with zero attached hydrogens (tertiary/aromatic N) is 4. The van der Waals surface area contributed by atoms with Gasteiger partial charge in [-0.05, 0) is 30.7 Å². The number of pyridine rings is 1. The lowest BCUT2D eigenvalue weighted by atomic mass is 9.78. The summed E-state index contributed by atoms with van der Waals surface area (Å²) >= 11 is 6.80. The third-order valence-electron chi connectivity index (χ3n) is 7.66. The van der Waals surface area contributed by atoms with E-state index in [1.807, 2.05) is 7.05 Å². The minimum Gasteiger partial charge on any atom is -0.507 e. The molecule has 10 heteroatoms. The van der Waals surface area contributed by atoms with Crippen LogP contribution in [-0.4, -0.2) is 89.0 Å². The van der Waals surface area contributed by atoms with Crippen LogP contribution >= 0.6 is 11.6 Å². The van der Waals surface area contributed by atoms with E-state index < -0.39 is 11.9 Å². The van der Waals surface area contributed by atoms with Crippen molar-refractivity contribution in [2.24, 2.45) is 5.41 Å². The number of ether oxygens (including phenoxy) is 1. The van der Waals surface area contributed by atoms with Gasteiger partial charge in [0.05, 0.1) is 23.0 Å². The Morgan fingerprint density at radius 1 is 1.30 bits per heavy atom. The van der Waals surface area contributed by atoms with E-state index in [-0.39, 0.29) is 63.1 Å². The van der Waals surface area contributed by atoms with Crippen LogP contribution in [0.1, 0.15) is 35.8 Å². The smallest absolute Gasteiger partial charge is 0.260 e. The Kier molecular flexibility index (Phi) is 6.40. The van der Waals surface area contributed by atoms with Crippen LogP contribution in [0.5, 0.6) is 11.5 Å². The van der Waals surface area contributed by atoms with Crippen molar-refractivity contribution in [3.63, 3.8) is 0 Å². The number of carbonyl (C=O) groups excluding carboxylic acids is 2. The van der Waals surface area contributed by atoms with Gasteiger partial charge < -0.3 is 24.5 Å².